The van der Waals surface area contributed by atoms with Crippen LogP contribution in [0.15, 0.2) is 68.9 Å². The fraction of sp³-hybridized carbons (Fsp3) is 0.0588. The van der Waals surface area contributed by atoms with Gasteiger partial charge in [0.25, 0.3) is 0 Å². The predicted octanol–water partition coefficient (Wildman–Crippen LogP) is 4.34. The van der Waals surface area contributed by atoms with Crippen LogP contribution in [-0.2, 0) is 0 Å². The Kier molecular flexibility index (Phi) is 5.45. The minimum absolute atomic E-state index is 0.270. The molecule has 0 spiro atoms. The molecule has 0 N–H and O–H groups in total. The molecule has 2 heterocycles. The minimum atomic E-state index is -0.598. The Bertz CT molecular complexity index is 1030. The number of halogens is 1. The average Bonchev–Trinajstić information content (AvgIpc) is 3.26. The van der Waals surface area contributed by atoms with Crippen molar-refractivity contribution in [3.05, 3.63) is 80.1 Å². The molecular weight excluding hydrogens is 376 g/mol. The number of aromatic nitrogens is 1. The predicted molar refractivity (Wildman–Crippen MR) is 102 cm³/mol. The van der Waals surface area contributed by atoms with Crippen molar-refractivity contribution in [2.45, 2.75) is 0 Å². The van der Waals surface area contributed by atoms with E-state index in [1.165, 1.54) is 29.7 Å². The lowest BCUT2D eigenvalue weighted by atomic mass is 10.2. The molecule has 0 saturated heterocycles. The summed E-state index contributed by atoms with van der Waals surface area (Å²) in [5.41, 5.74) is 1.72. The zero-order valence-corrected chi connectivity index (χ0v) is 15.0. The van der Waals surface area contributed by atoms with Gasteiger partial charge in [0.1, 0.15) is 4.92 Å². The van der Waals surface area contributed by atoms with Gasteiger partial charge < -0.3 is 4.42 Å². The molecule has 0 bridgehead atoms. The summed E-state index contributed by atoms with van der Waals surface area (Å²) in [6, 6.07) is 10.1. The number of nitro groups is 1. The zero-order valence-electron chi connectivity index (χ0n) is 13.4. The van der Waals surface area contributed by atoms with E-state index in [0.717, 1.165) is 11.3 Å². The Labute approximate surface area is 157 Å². The first-order valence-electron chi connectivity index (χ1n) is 7.45. The highest BCUT2D eigenvalue weighted by Gasteiger charge is 2.11. The van der Waals surface area contributed by atoms with Gasteiger partial charge in [-0.3, -0.25) is 15.1 Å². The van der Waals surface area contributed by atoms with E-state index in [2.05, 4.69) is 16.7 Å². The Morgan fingerprint density at radius 2 is 2.08 bits per heavy atom. The summed E-state index contributed by atoms with van der Waals surface area (Å²) in [4.78, 5) is 15.2. The number of hydrogen-bond donors (Lipinski definition) is 0. The van der Waals surface area contributed by atoms with Gasteiger partial charge in [-0.2, -0.15) is 5.10 Å². The smallest absolute Gasteiger partial charge is 0.400 e. The van der Waals surface area contributed by atoms with Gasteiger partial charge in [0, 0.05) is 16.0 Å². The molecule has 0 atom stereocenters. The van der Waals surface area contributed by atoms with E-state index < -0.39 is 4.92 Å². The van der Waals surface area contributed by atoms with E-state index in [9.17, 15) is 10.1 Å². The molecule has 0 unspecified atom stereocenters. The van der Waals surface area contributed by atoms with Crippen molar-refractivity contribution in [1.29, 1.82) is 0 Å². The average molecular weight is 389 g/mol. The molecule has 7 nitrogen and oxygen atoms in total. The summed E-state index contributed by atoms with van der Waals surface area (Å²) in [6.45, 7) is 4.11. The number of rotatable bonds is 6. The number of furan rings is 1. The second kappa shape index (κ2) is 7.94. The van der Waals surface area contributed by atoms with Crippen LogP contribution in [0.2, 0.25) is 5.02 Å². The molecule has 0 radical (unpaired) electrons. The van der Waals surface area contributed by atoms with Gasteiger partial charge in [0.2, 0.25) is 4.80 Å². The summed E-state index contributed by atoms with van der Waals surface area (Å²) >= 11 is 7.37. The van der Waals surface area contributed by atoms with Crippen molar-refractivity contribution in [2.24, 2.45) is 10.1 Å². The normalized spacial score (nSPS) is 12.0. The first-order valence-corrected chi connectivity index (χ1v) is 8.70. The molecule has 26 heavy (non-hydrogen) atoms. The second-order valence-corrected chi connectivity index (χ2v) is 6.30. The van der Waals surface area contributed by atoms with E-state index in [0.29, 0.717) is 16.4 Å². The maximum Gasteiger partial charge on any atom is 0.433 e. The number of nitrogens with zero attached hydrogens (tertiary/aromatic N) is 4. The van der Waals surface area contributed by atoms with Crippen LogP contribution in [0.3, 0.4) is 0 Å². The quantitative estimate of drug-likeness (QED) is 0.272. The lowest BCUT2D eigenvalue weighted by Crippen LogP contribution is -2.12. The topological polar surface area (TPSA) is 85.9 Å². The Balaban J connectivity index is 2.03. The molecule has 0 aliphatic heterocycles. The second-order valence-electron chi connectivity index (χ2n) is 5.03. The Morgan fingerprint density at radius 3 is 2.73 bits per heavy atom. The third-order valence-corrected chi connectivity index (χ3v) is 4.38. The highest BCUT2D eigenvalue weighted by Crippen LogP contribution is 2.22. The first kappa shape index (κ1) is 17.8. The van der Waals surface area contributed by atoms with Crippen molar-refractivity contribution >= 4 is 35.0 Å². The van der Waals surface area contributed by atoms with Crippen molar-refractivity contribution in [2.75, 3.05) is 6.54 Å². The molecule has 0 aliphatic carbocycles. The van der Waals surface area contributed by atoms with Crippen LogP contribution in [0.4, 0.5) is 5.88 Å². The van der Waals surface area contributed by atoms with Crippen LogP contribution in [0.5, 0.6) is 0 Å². The lowest BCUT2D eigenvalue weighted by molar-refractivity contribution is -0.402. The van der Waals surface area contributed by atoms with Crippen LogP contribution in [0.25, 0.3) is 11.3 Å². The van der Waals surface area contributed by atoms with Gasteiger partial charge in [0.05, 0.1) is 24.5 Å². The molecule has 2 aromatic heterocycles. The van der Waals surface area contributed by atoms with Crippen LogP contribution in [0, 0.1) is 10.1 Å². The highest BCUT2D eigenvalue weighted by atomic mass is 35.5. The van der Waals surface area contributed by atoms with Gasteiger partial charge in [-0.25, -0.2) is 4.68 Å². The van der Waals surface area contributed by atoms with Gasteiger partial charge in [-0.15, -0.1) is 17.9 Å². The highest BCUT2D eigenvalue weighted by molar-refractivity contribution is 7.07. The molecule has 3 aromatic rings. The zero-order chi connectivity index (χ0) is 18.5. The maximum absolute atomic E-state index is 10.7. The Morgan fingerprint density at radius 1 is 1.31 bits per heavy atom. The maximum atomic E-state index is 10.7. The van der Waals surface area contributed by atoms with E-state index in [1.807, 2.05) is 17.5 Å². The fourth-order valence-electron chi connectivity index (χ4n) is 2.11. The van der Waals surface area contributed by atoms with E-state index in [-0.39, 0.29) is 11.6 Å². The first-order chi connectivity index (χ1) is 12.6. The molecule has 132 valence electrons. The SMILES string of the molecule is C=CCN=c1scc(-c2ccc(Cl)cc2)n1N=Cc1ccc([N+](=O)[O-])o1. The standard InChI is InChI=1S/C17H13ClN4O3S/c1-2-9-19-17-21(20-10-14-7-8-16(25-14)22(23)24)15(11-26-17)12-3-5-13(18)6-4-12/h2-8,10-11H,1,9H2. The monoisotopic (exact) mass is 388 g/mol. The van der Waals surface area contributed by atoms with Crippen LogP contribution in [0.1, 0.15) is 5.76 Å². The van der Waals surface area contributed by atoms with Gasteiger partial charge in [-0.1, -0.05) is 29.8 Å². The van der Waals surface area contributed by atoms with Gasteiger partial charge in [-0.05, 0) is 18.2 Å². The van der Waals surface area contributed by atoms with E-state index in [1.54, 1.807) is 22.9 Å². The third kappa shape index (κ3) is 3.98. The van der Waals surface area contributed by atoms with E-state index >= 15 is 0 Å². The van der Waals surface area contributed by atoms with Gasteiger partial charge >= 0.3 is 5.88 Å². The van der Waals surface area contributed by atoms with Crippen LogP contribution in [-0.4, -0.2) is 22.4 Å². The summed E-state index contributed by atoms with van der Waals surface area (Å²) in [7, 11) is 0. The molecular formula is C17H13ClN4O3S. The number of benzene rings is 1. The summed E-state index contributed by atoms with van der Waals surface area (Å²) in [5, 5.41) is 17.7. The molecule has 0 saturated carbocycles. The van der Waals surface area contributed by atoms with E-state index in [4.69, 9.17) is 16.0 Å². The van der Waals surface area contributed by atoms with Gasteiger partial charge in [0.15, 0.2) is 5.76 Å². The molecule has 0 aliphatic rings. The number of thiazole rings is 1. The minimum Gasteiger partial charge on any atom is -0.400 e. The molecule has 3 rings (SSSR count). The van der Waals surface area contributed by atoms with Crippen molar-refractivity contribution in [3.63, 3.8) is 0 Å². The Hall–Kier alpha value is -2.97. The lowest BCUT2D eigenvalue weighted by Gasteiger charge is -2.03. The molecule has 0 amide bonds. The van der Waals surface area contributed by atoms with Crippen molar-refractivity contribution < 1.29 is 9.34 Å². The molecule has 9 heteroatoms. The molecule has 1 aromatic carbocycles. The third-order valence-electron chi connectivity index (χ3n) is 3.27. The van der Waals surface area contributed by atoms with Crippen molar-refractivity contribution in [3.8, 4) is 11.3 Å². The fourth-order valence-corrected chi connectivity index (χ4v) is 3.08. The van der Waals surface area contributed by atoms with Crippen molar-refractivity contribution in [1.82, 2.24) is 4.68 Å². The summed E-state index contributed by atoms with van der Waals surface area (Å²) < 4.78 is 6.75. The van der Waals surface area contributed by atoms with Crippen LogP contribution >= 0.6 is 22.9 Å². The molecule has 0 fully saturated rings. The largest absolute Gasteiger partial charge is 0.433 e. The van der Waals surface area contributed by atoms with Crippen LogP contribution < -0.4 is 4.80 Å². The summed E-state index contributed by atoms with van der Waals surface area (Å²) in [6.07, 6.45) is 3.09. The number of hydrogen-bond acceptors (Lipinski definition) is 6. The summed E-state index contributed by atoms with van der Waals surface area (Å²) in [5.74, 6) is -0.0663.